The van der Waals surface area contributed by atoms with E-state index in [0.29, 0.717) is 12.5 Å². The molecule has 4 nitrogen and oxygen atoms in total. The number of furan rings is 1. The van der Waals surface area contributed by atoms with Crippen LogP contribution in [-0.2, 0) is 11.3 Å². The first-order valence-electron chi connectivity index (χ1n) is 7.11. The lowest BCUT2D eigenvalue weighted by Crippen LogP contribution is -2.38. The maximum Gasteiger partial charge on any atom is 0.321 e. The molecule has 2 aliphatic rings. The van der Waals surface area contributed by atoms with Crippen molar-refractivity contribution in [2.45, 2.75) is 45.2 Å². The second-order valence-electron chi connectivity index (χ2n) is 6.14. The normalized spacial score (nSPS) is 34.6. The quantitative estimate of drug-likeness (QED) is 0.907. The minimum absolute atomic E-state index is 0.218. The predicted octanol–water partition coefficient (Wildman–Crippen LogP) is 2.70. The Morgan fingerprint density at radius 1 is 1.42 bits per heavy atom. The average Bonchev–Trinajstić information content (AvgIpc) is 2.75. The van der Waals surface area contributed by atoms with Gasteiger partial charge >= 0.3 is 5.97 Å². The Morgan fingerprint density at radius 2 is 2.16 bits per heavy atom. The van der Waals surface area contributed by atoms with Crippen LogP contribution in [0.2, 0.25) is 0 Å². The van der Waals surface area contributed by atoms with Crippen LogP contribution in [-0.4, -0.2) is 28.6 Å². The summed E-state index contributed by atoms with van der Waals surface area (Å²) in [5.41, 5.74) is 0. The molecule has 1 aromatic heterocycles. The lowest BCUT2D eigenvalue weighted by Gasteiger charge is -2.21. The van der Waals surface area contributed by atoms with Crippen molar-refractivity contribution >= 4 is 5.97 Å². The Balaban J connectivity index is 1.67. The first kappa shape index (κ1) is 12.7. The average molecular weight is 263 g/mol. The van der Waals surface area contributed by atoms with Gasteiger partial charge in [-0.1, -0.05) is 13.8 Å². The van der Waals surface area contributed by atoms with E-state index in [4.69, 9.17) is 4.42 Å². The summed E-state index contributed by atoms with van der Waals surface area (Å²) < 4.78 is 5.87. The highest BCUT2D eigenvalue weighted by Crippen LogP contribution is 2.47. The van der Waals surface area contributed by atoms with Crippen molar-refractivity contribution in [1.82, 2.24) is 4.90 Å². The van der Waals surface area contributed by atoms with Crippen molar-refractivity contribution < 1.29 is 14.3 Å². The number of carboxylic acid groups (broad SMARTS) is 1. The van der Waals surface area contributed by atoms with Crippen molar-refractivity contribution in [1.29, 1.82) is 0 Å². The molecule has 1 aliphatic heterocycles. The van der Waals surface area contributed by atoms with Gasteiger partial charge in [-0.25, -0.2) is 0 Å². The summed E-state index contributed by atoms with van der Waals surface area (Å²) in [5.74, 6) is 2.79. The molecule has 0 spiro atoms. The van der Waals surface area contributed by atoms with E-state index in [-0.39, 0.29) is 12.0 Å². The highest BCUT2D eigenvalue weighted by molar-refractivity contribution is 5.74. The van der Waals surface area contributed by atoms with Crippen LogP contribution in [0.4, 0.5) is 0 Å². The third-order valence-corrected chi connectivity index (χ3v) is 4.57. The zero-order chi connectivity index (χ0) is 13.6. The molecule has 0 aromatic carbocycles. The molecule has 1 saturated heterocycles. The third kappa shape index (κ3) is 2.41. The van der Waals surface area contributed by atoms with Gasteiger partial charge in [0.2, 0.25) is 0 Å². The van der Waals surface area contributed by atoms with Crippen LogP contribution in [0.5, 0.6) is 0 Å². The van der Waals surface area contributed by atoms with Crippen molar-refractivity contribution in [3.8, 4) is 0 Å². The van der Waals surface area contributed by atoms with E-state index in [0.717, 1.165) is 30.4 Å². The summed E-state index contributed by atoms with van der Waals surface area (Å²) in [6.45, 7) is 5.70. The van der Waals surface area contributed by atoms with E-state index >= 15 is 0 Å². The molecule has 3 rings (SSSR count). The maximum absolute atomic E-state index is 11.3. The summed E-state index contributed by atoms with van der Waals surface area (Å²) >= 11 is 0. The zero-order valence-corrected chi connectivity index (χ0v) is 11.5. The van der Waals surface area contributed by atoms with Crippen LogP contribution in [0.25, 0.3) is 0 Å². The number of hydrogen-bond donors (Lipinski definition) is 1. The number of carbonyl (C=O) groups is 1. The maximum atomic E-state index is 11.3. The van der Waals surface area contributed by atoms with Crippen LogP contribution in [0.3, 0.4) is 0 Å². The van der Waals surface area contributed by atoms with Crippen LogP contribution in [0.1, 0.15) is 44.1 Å². The van der Waals surface area contributed by atoms with E-state index < -0.39 is 5.97 Å². The lowest BCUT2D eigenvalue weighted by molar-refractivity contribution is -0.143. The molecule has 4 unspecified atom stereocenters. The van der Waals surface area contributed by atoms with Crippen LogP contribution < -0.4 is 0 Å². The van der Waals surface area contributed by atoms with Crippen LogP contribution in [0, 0.1) is 11.8 Å². The molecule has 1 aromatic rings. The number of likely N-dealkylation sites (tertiary alicyclic amines) is 1. The molecular formula is C15H21NO3. The fourth-order valence-corrected chi connectivity index (χ4v) is 3.20. The highest BCUT2D eigenvalue weighted by atomic mass is 16.4. The van der Waals surface area contributed by atoms with E-state index in [1.54, 1.807) is 0 Å². The Morgan fingerprint density at radius 3 is 2.79 bits per heavy atom. The third-order valence-electron chi connectivity index (χ3n) is 4.57. The molecular weight excluding hydrogens is 242 g/mol. The van der Waals surface area contributed by atoms with Gasteiger partial charge < -0.3 is 9.52 Å². The Bertz CT molecular complexity index is 481. The van der Waals surface area contributed by atoms with Gasteiger partial charge in [0.15, 0.2) is 0 Å². The fraction of sp³-hybridized carbons (Fsp3) is 0.667. The molecule has 4 heteroatoms. The number of nitrogens with zero attached hydrogens (tertiary/aromatic N) is 1. The molecule has 2 fully saturated rings. The fourth-order valence-electron chi connectivity index (χ4n) is 3.20. The van der Waals surface area contributed by atoms with Crippen molar-refractivity contribution in [3.05, 3.63) is 23.7 Å². The monoisotopic (exact) mass is 263 g/mol. The van der Waals surface area contributed by atoms with E-state index in [1.165, 1.54) is 6.42 Å². The smallest absolute Gasteiger partial charge is 0.321 e. The minimum atomic E-state index is -0.715. The highest BCUT2D eigenvalue weighted by Gasteiger charge is 2.38. The van der Waals surface area contributed by atoms with Gasteiger partial charge in [0.25, 0.3) is 0 Å². The number of rotatable bonds is 4. The first-order valence-corrected chi connectivity index (χ1v) is 7.11. The standard InChI is InChI=1S/C15H21NO3/c1-9-5-6-16(14(9)15(17)18)8-11-3-4-13(19-11)12-7-10(12)2/h3-4,9-10,12,14H,5-8H2,1-2H3,(H,17,18). The van der Waals surface area contributed by atoms with Gasteiger partial charge in [-0.15, -0.1) is 0 Å². The molecule has 0 bridgehead atoms. The van der Waals surface area contributed by atoms with Gasteiger partial charge in [0, 0.05) is 5.92 Å². The van der Waals surface area contributed by atoms with Gasteiger partial charge in [0.1, 0.15) is 17.6 Å². The Kier molecular flexibility index (Phi) is 3.13. The second kappa shape index (κ2) is 4.67. The molecule has 4 atom stereocenters. The van der Waals surface area contributed by atoms with E-state index in [2.05, 4.69) is 13.0 Å². The van der Waals surface area contributed by atoms with Gasteiger partial charge in [0.05, 0.1) is 6.54 Å². The molecule has 0 amide bonds. The Hall–Kier alpha value is -1.29. The number of carboxylic acids is 1. The molecule has 2 heterocycles. The summed E-state index contributed by atoms with van der Waals surface area (Å²) in [7, 11) is 0. The molecule has 1 N–H and O–H groups in total. The van der Waals surface area contributed by atoms with E-state index in [1.807, 2.05) is 17.9 Å². The van der Waals surface area contributed by atoms with E-state index in [9.17, 15) is 9.90 Å². The largest absolute Gasteiger partial charge is 0.480 e. The second-order valence-corrected chi connectivity index (χ2v) is 6.14. The van der Waals surface area contributed by atoms with Gasteiger partial charge in [-0.05, 0) is 43.4 Å². The summed E-state index contributed by atoms with van der Waals surface area (Å²) in [6, 6.07) is 3.69. The van der Waals surface area contributed by atoms with Crippen LogP contribution in [0.15, 0.2) is 16.5 Å². The predicted molar refractivity (Wildman–Crippen MR) is 70.8 cm³/mol. The van der Waals surface area contributed by atoms with Crippen molar-refractivity contribution in [2.75, 3.05) is 6.54 Å². The summed E-state index contributed by atoms with van der Waals surface area (Å²) in [6.07, 6.45) is 2.16. The minimum Gasteiger partial charge on any atom is -0.480 e. The zero-order valence-electron chi connectivity index (χ0n) is 11.5. The van der Waals surface area contributed by atoms with Gasteiger partial charge in [-0.3, -0.25) is 9.69 Å². The molecule has 19 heavy (non-hydrogen) atoms. The summed E-state index contributed by atoms with van der Waals surface area (Å²) in [4.78, 5) is 13.3. The van der Waals surface area contributed by atoms with Crippen molar-refractivity contribution in [2.24, 2.45) is 11.8 Å². The van der Waals surface area contributed by atoms with Crippen molar-refractivity contribution in [3.63, 3.8) is 0 Å². The topological polar surface area (TPSA) is 53.7 Å². The molecule has 0 radical (unpaired) electrons. The lowest BCUT2D eigenvalue weighted by atomic mass is 10.0. The molecule has 104 valence electrons. The molecule has 1 aliphatic carbocycles. The SMILES string of the molecule is CC1CC1c1ccc(CN2CCC(C)C2C(=O)O)o1. The summed E-state index contributed by atoms with van der Waals surface area (Å²) in [5, 5.41) is 9.30. The van der Waals surface area contributed by atoms with Crippen LogP contribution >= 0.6 is 0 Å². The number of hydrogen-bond acceptors (Lipinski definition) is 3. The Labute approximate surface area is 113 Å². The van der Waals surface area contributed by atoms with Gasteiger partial charge in [-0.2, -0.15) is 0 Å². The first-order chi connectivity index (χ1) is 9.06. The molecule has 1 saturated carbocycles. The number of aliphatic carboxylic acids is 1.